The van der Waals surface area contributed by atoms with Gasteiger partial charge in [0, 0.05) is 25.7 Å². The summed E-state index contributed by atoms with van der Waals surface area (Å²) in [6.45, 7) is 2.22. The monoisotopic (exact) mass is 350 g/mol. The highest BCUT2D eigenvalue weighted by Gasteiger charge is 2.23. The van der Waals surface area contributed by atoms with Crippen LogP contribution in [0.5, 0.6) is 5.75 Å². The Morgan fingerprint density at radius 3 is 1.60 bits per heavy atom. The number of aromatic hydroxyl groups is 1. The first kappa shape index (κ1) is 17.7. The lowest BCUT2D eigenvalue weighted by atomic mass is 10.1. The highest BCUT2D eigenvalue weighted by molar-refractivity contribution is 5.96. The highest BCUT2D eigenvalue weighted by atomic mass is 16.6. The summed E-state index contributed by atoms with van der Waals surface area (Å²) < 4.78 is 21.3. The summed E-state index contributed by atoms with van der Waals surface area (Å²) in [6.07, 6.45) is 2.15. The molecule has 2 heterocycles. The Balaban J connectivity index is 1.66. The van der Waals surface area contributed by atoms with Crippen molar-refractivity contribution in [2.45, 2.75) is 37.9 Å². The summed E-state index contributed by atoms with van der Waals surface area (Å²) in [5.74, 6) is -1.31. The molecule has 0 atom stereocenters. The average Bonchev–Trinajstić information content (AvgIpc) is 2.63. The second-order valence-corrected chi connectivity index (χ2v) is 6.20. The third kappa shape index (κ3) is 4.93. The Morgan fingerprint density at radius 1 is 0.800 bits per heavy atom. The lowest BCUT2D eigenvalue weighted by molar-refractivity contribution is -0.0160. The number of hydrogen-bond acceptors (Lipinski definition) is 7. The van der Waals surface area contributed by atoms with Gasteiger partial charge in [-0.25, -0.2) is 9.59 Å². The molecule has 136 valence electrons. The van der Waals surface area contributed by atoms with Crippen LogP contribution in [-0.4, -0.2) is 55.7 Å². The molecule has 0 spiro atoms. The number of ether oxygens (including phenoxy) is 4. The molecule has 2 fully saturated rings. The first-order valence-corrected chi connectivity index (χ1v) is 8.53. The van der Waals surface area contributed by atoms with Gasteiger partial charge in [-0.2, -0.15) is 0 Å². The molecule has 25 heavy (non-hydrogen) atoms. The van der Waals surface area contributed by atoms with Crippen LogP contribution in [0, 0.1) is 0 Å². The van der Waals surface area contributed by atoms with E-state index >= 15 is 0 Å². The van der Waals surface area contributed by atoms with Gasteiger partial charge in [0.1, 0.15) is 18.0 Å². The molecule has 2 saturated heterocycles. The zero-order valence-electron chi connectivity index (χ0n) is 13.9. The summed E-state index contributed by atoms with van der Waals surface area (Å²) in [7, 11) is 0. The van der Waals surface area contributed by atoms with Gasteiger partial charge in [-0.3, -0.25) is 0 Å². The van der Waals surface area contributed by atoms with Crippen molar-refractivity contribution in [1.82, 2.24) is 0 Å². The fraction of sp³-hybridized carbons (Fsp3) is 0.556. The van der Waals surface area contributed by atoms with E-state index in [0.717, 1.165) is 0 Å². The molecule has 2 aliphatic heterocycles. The van der Waals surface area contributed by atoms with Crippen molar-refractivity contribution in [1.29, 1.82) is 0 Å². The molecule has 0 aliphatic carbocycles. The van der Waals surface area contributed by atoms with E-state index in [1.54, 1.807) is 0 Å². The molecule has 1 aromatic rings. The maximum atomic E-state index is 12.3. The Bertz CT molecular complexity index is 566. The number of benzene rings is 1. The van der Waals surface area contributed by atoms with E-state index in [4.69, 9.17) is 18.9 Å². The summed E-state index contributed by atoms with van der Waals surface area (Å²) in [4.78, 5) is 24.6. The number of phenols is 1. The molecular formula is C18H22O7. The predicted octanol–water partition coefficient (Wildman–Crippen LogP) is 2.06. The van der Waals surface area contributed by atoms with E-state index in [9.17, 15) is 14.7 Å². The molecule has 1 aromatic carbocycles. The summed E-state index contributed by atoms with van der Waals surface area (Å²) >= 11 is 0. The molecule has 2 aliphatic rings. The van der Waals surface area contributed by atoms with E-state index in [0.29, 0.717) is 52.1 Å². The third-order valence-corrected chi connectivity index (χ3v) is 4.27. The molecule has 7 nitrogen and oxygen atoms in total. The Kier molecular flexibility index (Phi) is 5.88. The van der Waals surface area contributed by atoms with Crippen molar-refractivity contribution < 1.29 is 33.6 Å². The van der Waals surface area contributed by atoms with Gasteiger partial charge >= 0.3 is 11.9 Å². The smallest absolute Gasteiger partial charge is 0.338 e. The average molecular weight is 350 g/mol. The molecule has 0 aromatic heterocycles. The Morgan fingerprint density at radius 2 is 1.20 bits per heavy atom. The van der Waals surface area contributed by atoms with Gasteiger partial charge in [0.15, 0.2) is 0 Å². The minimum Gasteiger partial charge on any atom is -0.508 e. The van der Waals surface area contributed by atoms with Crippen LogP contribution < -0.4 is 0 Å². The third-order valence-electron chi connectivity index (χ3n) is 4.27. The second kappa shape index (κ2) is 8.31. The van der Waals surface area contributed by atoms with Crippen LogP contribution in [0.15, 0.2) is 18.2 Å². The molecule has 0 bridgehead atoms. The van der Waals surface area contributed by atoms with Crippen LogP contribution in [-0.2, 0) is 18.9 Å². The number of carbonyl (C=O) groups excluding carboxylic acids is 2. The Labute approximate surface area is 145 Å². The Hall–Kier alpha value is -2.12. The minimum atomic E-state index is -0.567. The molecule has 1 N–H and O–H groups in total. The summed E-state index contributed by atoms with van der Waals surface area (Å²) in [6, 6.07) is 3.96. The maximum Gasteiger partial charge on any atom is 0.338 e. The van der Waals surface area contributed by atoms with Crippen molar-refractivity contribution in [2.24, 2.45) is 0 Å². The number of phenolic OH excluding ortho intramolecular Hbond substituents is 1. The van der Waals surface area contributed by atoms with Crippen molar-refractivity contribution in [3.05, 3.63) is 29.3 Å². The minimum absolute atomic E-state index is 0.130. The zero-order chi connectivity index (χ0) is 17.6. The largest absolute Gasteiger partial charge is 0.508 e. The normalized spacial score (nSPS) is 19.4. The van der Waals surface area contributed by atoms with E-state index in [1.165, 1.54) is 18.2 Å². The highest BCUT2D eigenvalue weighted by Crippen LogP contribution is 2.21. The molecule has 3 rings (SSSR count). The zero-order valence-corrected chi connectivity index (χ0v) is 13.9. The fourth-order valence-electron chi connectivity index (χ4n) is 2.87. The summed E-state index contributed by atoms with van der Waals surface area (Å²) in [5.41, 5.74) is 0.260. The van der Waals surface area contributed by atoms with Crippen LogP contribution >= 0.6 is 0 Å². The number of hydrogen-bond donors (Lipinski definition) is 1. The van der Waals surface area contributed by atoms with Gasteiger partial charge in [-0.1, -0.05) is 0 Å². The fourth-order valence-corrected chi connectivity index (χ4v) is 2.87. The standard InChI is InChI=1S/C18H22O7/c19-14-10-12(17(20)24-15-1-5-22-6-2-15)9-13(11-14)18(21)25-16-3-7-23-8-4-16/h9-11,15-16,19H,1-8H2. The molecular weight excluding hydrogens is 328 g/mol. The van der Waals surface area contributed by atoms with Crippen LogP contribution in [0.4, 0.5) is 0 Å². The van der Waals surface area contributed by atoms with Gasteiger partial charge in [-0.15, -0.1) is 0 Å². The van der Waals surface area contributed by atoms with Gasteiger partial charge in [-0.05, 0) is 18.2 Å². The van der Waals surface area contributed by atoms with Crippen molar-refractivity contribution in [2.75, 3.05) is 26.4 Å². The SMILES string of the molecule is O=C(OC1CCOCC1)c1cc(O)cc(C(=O)OC2CCOCC2)c1. The van der Waals surface area contributed by atoms with E-state index in [2.05, 4.69) is 0 Å². The topological polar surface area (TPSA) is 91.3 Å². The van der Waals surface area contributed by atoms with Crippen molar-refractivity contribution >= 4 is 11.9 Å². The molecule has 0 saturated carbocycles. The number of esters is 2. The lowest BCUT2D eigenvalue weighted by Gasteiger charge is -2.23. The van der Waals surface area contributed by atoms with Crippen LogP contribution in [0.1, 0.15) is 46.4 Å². The van der Waals surface area contributed by atoms with Gasteiger partial charge in [0.25, 0.3) is 0 Å². The first-order chi connectivity index (χ1) is 12.1. The van der Waals surface area contributed by atoms with Crippen molar-refractivity contribution in [3.63, 3.8) is 0 Å². The molecule has 7 heteroatoms. The van der Waals surface area contributed by atoms with Crippen LogP contribution in [0.25, 0.3) is 0 Å². The second-order valence-electron chi connectivity index (χ2n) is 6.20. The molecule has 0 radical (unpaired) electrons. The molecule has 0 unspecified atom stereocenters. The van der Waals surface area contributed by atoms with Gasteiger partial charge in [0.2, 0.25) is 0 Å². The summed E-state index contributed by atoms with van der Waals surface area (Å²) in [5, 5.41) is 9.85. The quantitative estimate of drug-likeness (QED) is 0.831. The lowest BCUT2D eigenvalue weighted by Crippen LogP contribution is -2.27. The molecule has 0 amide bonds. The van der Waals surface area contributed by atoms with Gasteiger partial charge < -0.3 is 24.1 Å². The van der Waals surface area contributed by atoms with E-state index < -0.39 is 11.9 Å². The van der Waals surface area contributed by atoms with Crippen LogP contribution in [0.3, 0.4) is 0 Å². The van der Waals surface area contributed by atoms with Crippen molar-refractivity contribution in [3.8, 4) is 5.75 Å². The predicted molar refractivity (Wildman–Crippen MR) is 86.6 cm³/mol. The van der Waals surface area contributed by atoms with E-state index in [-0.39, 0.29) is 29.1 Å². The first-order valence-electron chi connectivity index (χ1n) is 8.53. The van der Waals surface area contributed by atoms with Crippen LogP contribution in [0.2, 0.25) is 0 Å². The van der Waals surface area contributed by atoms with E-state index in [1.807, 2.05) is 0 Å². The number of rotatable bonds is 4. The maximum absolute atomic E-state index is 12.3. The number of carbonyl (C=O) groups is 2. The van der Waals surface area contributed by atoms with Gasteiger partial charge in [0.05, 0.1) is 37.6 Å².